The van der Waals surface area contributed by atoms with E-state index in [-0.39, 0.29) is 27.3 Å². The zero-order valence-electron chi connectivity index (χ0n) is 28.8. The lowest BCUT2D eigenvalue weighted by atomic mass is 9.94. The molecule has 4 rings (SSSR count). The number of carbonyl (C=O) groups is 4. The first kappa shape index (κ1) is 39.0. The van der Waals surface area contributed by atoms with Gasteiger partial charge in [-0.1, -0.05) is 56.9 Å². The number of alkyl halides is 1. The van der Waals surface area contributed by atoms with Crippen molar-refractivity contribution in [3.8, 4) is 11.4 Å². The lowest BCUT2D eigenvalue weighted by Gasteiger charge is -2.30. The van der Waals surface area contributed by atoms with Crippen LogP contribution in [0.4, 0.5) is 5.69 Å². The fourth-order valence-corrected chi connectivity index (χ4v) is 6.50. The monoisotopic (exact) mass is 735 g/mol. The fourth-order valence-electron chi connectivity index (χ4n) is 5.31. The number of thioether (sulfide) groups is 1. The maximum atomic E-state index is 14.8. The number of hydrogen-bond acceptors (Lipinski definition) is 10. The number of methoxy groups -OCH3 is 1. The summed E-state index contributed by atoms with van der Waals surface area (Å²) >= 11 is 6.83. The molecule has 0 radical (unpaired) electrons. The van der Waals surface area contributed by atoms with Gasteiger partial charge < -0.3 is 19.9 Å². The van der Waals surface area contributed by atoms with Crippen LogP contribution in [0.3, 0.4) is 0 Å². The SMILES string of the molecule is CCCCCCCC(CCC(C)Cl)OC(=O)C(Sc1nnnn1-c1cccc(C(=O)O)c1)(C(=O)Nc1ccccc1)C(=O)c1ccc(OC)cc1. The van der Waals surface area contributed by atoms with E-state index >= 15 is 0 Å². The number of anilines is 1. The number of rotatable bonds is 20. The summed E-state index contributed by atoms with van der Waals surface area (Å²) in [5.41, 5.74) is 0.544. The Morgan fingerprint density at radius 3 is 2.31 bits per heavy atom. The molecule has 0 aliphatic carbocycles. The van der Waals surface area contributed by atoms with Crippen molar-refractivity contribution in [1.29, 1.82) is 0 Å². The average Bonchev–Trinajstić information content (AvgIpc) is 3.60. The number of benzene rings is 3. The lowest BCUT2D eigenvalue weighted by molar-refractivity contribution is -0.153. The number of unbranched alkanes of at least 4 members (excludes halogenated alkanes) is 4. The molecule has 0 bridgehead atoms. The maximum Gasteiger partial charge on any atom is 0.340 e. The van der Waals surface area contributed by atoms with E-state index in [9.17, 15) is 24.3 Å². The summed E-state index contributed by atoms with van der Waals surface area (Å²) in [6.07, 6.45) is 5.72. The molecule has 0 aliphatic heterocycles. The third-order valence-corrected chi connectivity index (χ3v) is 9.62. The highest BCUT2D eigenvalue weighted by molar-refractivity contribution is 8.03. The van der Waals surface area contributed by atoms with E-state index < -0.39 is 34.5 Å². The summed E-state index contributed by atoms with van der Waals surface area (Å²) in [6.45, 7) is 3.98. The highest BCUT2D eigenvalue weighted by Gasteiger charge is 2.57. The van der Waals surface area contributed by atoms with E-state index in [2.05, 4.69) is 27.8 Å². The minimum Gasteiger partial charge on any atom is -0.497 e. The number of esters is 1. The van der Waals surface area contributed by atoms with Crippen LogP contribution in [0.1, 0.15) is 85.9 Å². The van der Waals surface area contributed by atoms with Crippen LogP contribution in [0.5, 0.6) is 5.75 Å². The number of nitrogens with zero attached hydrogens (tertiary/aromatic N) is 4. The molecular weight excluding hydrogens is 694 g/mol. The molecule has 0 spiro atoms. The predicted molar refractivity (Wildman–Crippen MR) is 195 cm³/mol. The number of aromatic nitrogens is 4. The van der Waals surface area contributed by atoms with Crippen LogP contribution in [0, 0.1) is 0 Å². The molecule has 0 saturated carbocycles. The summed E-state index contributed by atoms with van der Waals surface area (Å²) < 4.78 is 10.0. The summed E-state index contributed by atoms with van der Waals surface area (Å²) in [5.74, 6) is -3.68. The minimum absolute atomic E-state index is 0.0286. The summed E-state index contributed by atoms with van der Waals surface area (Å²) in [6, 6.07) is 20.2. The molecule has 0 saturated heterocycles. The van der Waals surface area contributed by atoms with Crippen LogP contribution >= 0.6 is 23.4 Å². The topological polar surface area (TPSA) is 163 Å². The molecule has 3 aromatic carbocycles. The molecule has 4 aromatic rings. The van der Waals surface area contributed by atoms with Gasteiger partial charge in [0.05, 0.1) is 18.4 Å². The first-order chi connectivity index (χ1) is 24.6. The largest absolute Gasteiger partial charge is 0.497 e. The van der Waals surface area contributed by atoms with Gasteiger partial charge in [-0.25, -0.2) is 9.59 Å². The van der Waals surface area contributed by atoms with Crippen molar-refractivity contribution < 1.29 is 33.8 Å². The van der Waals surface area contributed by atoms with E-state index in [1.54, 1.807) is 48.5 Å². The molecule has 1 amide bonds. The Hall–Kier alpha value is -4.75. The number of nitrogens with one attached hydrogen (secondary N) is 1. The molecule has 270 valence electrons. The normalized spacial score (nSPS) is 13.4. The van der Waals surface area contributed by atoms with Crippen molar-refractivity contribution in [3.63, 3.8) is 0 Å². The molecule has 12 nitrogen and oxygen atoms in total. The van der Waals surface area contributed by atoms with E-state index in [1.807, 2.05) is 6.92 Å². The predicted octanol–water partition coefficient (Wildman–Crippen LogP) is 7.40. The minimum atomic E-state index is -2.62. The molecule has 3 atom stereocenters. The van der Waals surface area contributed by atoms with Gasteiger partial charge in [-0.05, 0) is 109 Å². The first-order valence-electron chi connectivity index (χ1n) is 16.8. The third kappa shape index (κ3) is 10.4. The van der Waals surface area contributed by atoms with Gasteiger partial charge in [0, 0.05) is 16.6 Å². The van der Waals surface area contributed by atoms with Gasteiger partial charge in [0.15, 0.2) is 5.78 Å². The number of amides is 1. The Balaban J connectivity index is 1.85. The average molecular weight is 736 g/mol. The van der Waals surface area contributed by atoms with Gasteiger partial charge in [0.1, 0.15) is 11.9 Å². The molecular formula is C37H42ClN5O7S. The van der Waals surface area contributed by atoms with E-state index in [1.165, 1.54) is 37.4 Å². The Kier molecular flexibility index (Phi) is 14.6. The van der Waals surface area contributed by atoms with Crippen molar-refractivity contribution in [2.75, 3.05) is 12.4 Å². The van der Waals surface area contributed by atoms with Crippen LogP contribution < -0.4 is 10.1 Å². The number of carboxylic acid groups (broad SMARTS) is 1. The van der Waals surface area contributed by atoms with Gasteiger partial charge in [-0.2, -0.15) is 4.68 Å². The van der Waals surface area contributed by atoms with Crippen molar-refractivity contribution in [3.05, 3.63) is 90.0 Å². The van der Waals surface area contributed by atoms with Crippen LogP contribution in [0.25, 0.3) is 5.69 Å². The molecule has 3 unspecified atom stereocenters. The molecule has 51 heavy (non-hydrogen) atoms. The Morgan fingerprint density at radius 2 is 1.65 bits per heavy atom. The van der Waals surface area contributed by atoms with Crippen molar-refractivity contribution >= 4 is 52.7 Å². The second-order valence-corrected chi connectivity index (χ2v) is 13.9. The molecule has 0 fully saturated rings. The highest BCUT2D eigenvalue weighted by atomic mass is 35.5. The number of carboxylic acids is 1. The smallest absolute Gasteiger partial charge is 0.340 e. The Labute approximate surface area is 306 Å². The Morgan fingerprint density at radius 1 is 0.922 bits per heavy atom. The summed E-state index contributed by atoms with van der Waals surface area (Å²) in [4.78, 5) is 56.1. The molecule has 14 heteroatoms. The molecule has 2 N–H and O–H groups in total. The lowest BCUT2D eigenvalue weighted by Crippen LogP contribution is -2.55. The number of aromatic carboxylic acids is 1. The number of ketones is 1. The highest BCUT2D eigenvalue weighted by Crippen LogP contribution is 2.39. The van der Waals surface area contributed by atoms with Crippen molar-refractivity contribution in [2.45, 2.75) is 86.6 Å². The Bertz CT molecular complexity index is 1770. The number of hydrogen-bond donors (Lipinski definition) is 2. The van der Waals surface area contributed by atoms with Gasteiger partial charge in [0.25, 0.3) is 10.7 Å². The van der Waals surface area contributed by atoms with Gasteiger partial charge in [-0.15, -0.1) is 16.7 Å². The van der Waals surface area contributed by atoms with Crippen molar-refractivity contribution in [1.82, 2.24) is 20.2 Å². The number of Topliss-reactive ketones (excluding diaryl/α,β-unsaturated/α-hetero) is 1. The summed E-state index contributed by atoms with van der Waals surface area (Å²) in [5, 5.41) is 23.9. The third-order valence-electron chi connectivity index (χ3n) is 8.12. The van der Waals surface area contributed by atoms with Gasteiger partial charge in [-0.3, -0.25) is 9.59 Å². The standard InChI is InChI=1S/C37H42ClN5O7S/c1-4-5-6-7-11-17-31(21-18-25(2)38)50-35(48)37(34(47)39-28-14-9-8-10-15-28,32(44)26-19-22-30(49-3)23-20-26)51-36-40-41-42-43(36)29-16-12-13-27(24-29)33(45)46/h8-10,12-16,19-20,22-25,31H,4-7,11,17-18,21H2,1-3H3,(H,39,47)(H,45,46). The second-order valence-electron chi connectivity index (χ2n) is 12.0. The van der Waals surface area contributed by atoms with Crippen LogP contribution in [0.15, 0.2) is 84.0 Å². The van der Waals surface area contributed by atoms with E-state index in [0.29, 0.717) is 42.5 Å². The molecule has 1 aromatic heterocycles. The quantitative estimate of drug-likeness (QED) is 0.0232. The number of ether oxygens (including phenoxy) is 2. The second kappa shape index (κ2) is 19.0. The van der Waals surface area contributed by atoms with Crippen molar-refractivity contribution in [2.24, 2.45) is 0 Å². The summed E-state index contributed by atoms with van der Waals surface area (Å²) in [7, 11) is 1.48. The first-order valence-corrected chi connectivity index (χ1v) is 18.1. The van der Waals surface area contributed by atoms with Gasteiger partial charge >= 0.3 is 11.9 Å². The molecule has 1 heterocycles. The zero-order valence-corrected chi connectivity index (χ0v) is 30.4. The fraction of sp³-hybridized carbons (Fsp3) is 0.378. The van der Waals surface area contributed by atoms with E-state index in [0.717, 1.165) is 36.8 Å². The van der Waals surface area contributed by atoms with Crippen LogP contribution in [0.2, 0.25) is 0 Å². The van der Waals surface area contributed by atoms with E-state index in [4.69, 9.17) is 21.1 Å². The zero-order chi connectivity index (χ0) is 36.8. The van der Waals surface area contributed by atoms with Crippen LogP contribution in [-0.2, 0) is 14.3 Å². The number of halogens is 1. The van der Waals surface area contributed by atoms with Gasteiger partial charge in [0.2, 0.25) is 5.16 Å². The number of tetrazole rings is 1. The maximum absolute atomic E-state index is 14.8. The number of para-hydroxylation sites is 1. The van der Waals surface area contributed by atoms with Crippen LogP contribution in [-0.4, -0.2) is 72.3 Å². The number of carbonyl (C=O) groups excluding carboxylic acids is 3. The molecule has 0 aliphatic rings.